The zero-order chi connectivity index (χ0) is 9.80. The van der Waals surface area contributed by atoms with Crippen molar-refractivity contribution in [3.8, 4) is 0 Å². The number of carbonyl (C=O) groups excluding carboxylic acids is 1. The summed E-state index contributed by atoms with van der Waals surface area (Å²) in [7, 11) is 0. The standard InChI is InChI=1S/C11H11NO2/c13-11-10(6-7-14-11)12-8-9-4-2-1-3-5-9/h1-5H,6-8H2. The smallest absolute Gasteiger partial charge is 0.352 e. The van der Waals surface area contributed by atoms with Crippen molar-refractivity contribution in [3.05, 3.63) is 35.9 Å². The summed E-state index contributed by atoms with van der Waals surface area (Å²) in [5.41, 5.74) is 1.67. The molecular weight excluding hydrogens is 178 g/mol. The molecule has 0 saturated carbocycles. The van der Waals surface area contributed by atoms with Crippen molar-refractivity contribution in [2.24, 2.45) is 4.99 Å². The Morgan fingerprint density at radius 3 is 2.71 bits per heavy atom. The van der Waals surface area contributed by atoms with Gasteiger partial charge in [0.2, 0.25) is 0 Å². The van der Waals surface area contributed by atoms with Gasteiger partial charge in [0.05, 0.1) is 13.2 Å². The number of hydrogen-bond donors (Lipinski definition) is 0. The molecule has 1 heterocycles. The Morgan fingerprint density at radius 2 is 2.07 bits per heavy atom. The van der Waals surface area contributed by atoms with Gasteiger partial charge in [-0.25, -0.2) is 4.79 Å². The average Bonchev–Trinajstić information content (AvgIpc) is 2.63. The van der Waals surface area contributed by atoms with Crippen LogP contribution in [-0.4, -0.2) is 18.3 Å². The second-order valence-electron chi connectivity index (χ2n) is 3.13. The Morgan fingerprint density at radius 1 is 1.29 bits per heavy atom. The first-order valence-electron chi connectivity index (χ1n) is 4.60. The maximum atomic E-state index is 11.0. The first-order chi connectivity index (χ1) is 6.86. The van der Waals surface area contributed by atoms with Crippen molar-refractivity contribution in [1.29, 1.82) is 0 Å². The molecule has 3 heteroatoms. The van der Waals surface area contributed by atoms with E-state index in [2.05, 4.69) is 4.99 Å². The molecule has 0 atom stereocenters. The lowest BCUT2D eigenvalue weighted by molar-refractivity contribution is -0.132. The molecule has 3 nitrogen and oxygen atoms in total. The molecule has 0 radical (unpaired) electrons. The number of hydrogen-bond acceptors (Lipinski definition) is 3. The monoisotopic (exact) mass is 189 g/mol. The first-order valence-corrected chi connectivity index (χ1v) is 4.60. The molecule has 72 valence electrons. The van der Waals surface area contributed by atoms with Crippen LogP contribution in [0, 0.1) is 0 Å². The predicted molar refractivity (Wildman–Crippen MR) is 53.2 cm³/mol. The molecule has 1 aliphatic heterocycles. The van der Waals surface area contributed by atoms with Gasteiger partial charge < -0.3 is 4.74 Å². The fraction of sp³-hybridized carbons (Fsp3) is 0.273. The lowest BCUT2D eigenvalue weighted by Gasteiger charge is -1.95. The maximum Gasteiger partial charge on any atom is 0.352 e. The van der Waals surface area contributed by atoms with Crippen molar-refractivity contribution < 1.29 is 9.53 Å². The molecule has 2 rings (SSSR count). The third-order valence-corrected chi connectivity index (χ3v) is 2.10. The first kappa shape index (κ1) is 8.94. The van der Waals surface area contributed by atoms with Crippen molar-refractivity contribution in [3.63, 3.8) is 0 Å². The minimum absolute atomic E-state index is 0.263. The van der Waals surface area contributed by atoms with E-state index >= 15 is 0 Å². The molecule has 1 aromatic rings. The van der Waals surface area contributed by atoms with Crippen molar-refractivity contribution >= 4 is 11.7 Å². The van der Waals surface area contributed by atoms with Gasteiger partial charge in [0.1, 0.15) is 5.71 Å². The van der Waals surface area contributed by atoms with E-state index in [9.17, 15) is 4.79 Å². The zero-order valence-corrected chi connectivity index (χ0v) is 7.77. The number of aliphatic imine (C=N–C) groups is 1. The Hall–Kier alpha value is -1.64. The van der Waals surface area contributed by atoms with E-state index in [1.807, 2.05) is 30.3 Å². The quantitative estimate of drug-likeness (QED) is 0.662. The number of benzene rings is 1. The van der Waals surface area contributed by atoms with Gasteiger partial charge >= 0.3 is 5.97 Å². The van der Waals surface area contributed by atoms with E-state index in [0.717, 1.165) is 5.56 Å². The molecule has 1 fully saturated rings. The number of ether oxygens (including phenoxy) is 1. The van der Waals surface area contributed by atoms with Gasteiger partial charge in [-0.3, -0.25) is 4.99 Å². The molecule has 1 aromatic carbocycles. The van der Waals surface area contributed by atoms with E-state index < -0.39 is 0 Å². The van der Waals surface area contributed by atoms with Gasteiger partial charge in [0.15, 0.2) is 0 Å². The van der Waals surface area contributed by atoms with Crippen LogP contribution in [0.2, 0.25) is 0 Å². The van der Waals surface area contributed by atoms with E-state index in [1.54, 1.807) is 0 Å². The maximum absolute atomic E-state index is 11.0. The van der Waals surface area contributed by atoms with Gasteiger partial charge in [-0.1, -0.05) is 30.3 Å². The van der Waals surface area contributed by atoms with E-state index in [0.29, 0.717) is 25.3 Å². The van der Waals surface area contributed by atoms with Crippen LogP contribution in [0.1, 0.15) is 12.0 Å². The average molecular weight is 189 g/mol. The van der Waals surface area contributed by atoms with Gasteiger partial charge in [0.25, 0.3) is 0 Å². The lowest BCUT2D eigenvalue weighted by atomic mass is 10.2. The Kier molecular flexibility index (Phi) is 2.58. The zero-order valence-electron chi connectivity index (χ0n) is 7.77. The van der Waals surface area contributed by atoms with E-state index in [-0.39, 0.29) is 5.97 Å². The number of rotatable bonds is 2. The highest BCUT2D eigenvalue weighted by Gasteiger charge is 2.19. The van der Waals surface area contributed by atoms with Crippen LogP contribution in [0.3, 0.4) is 0 Å². The van der Waals surface area contributed by atoms with Gasteiger partial charge in [-0.05, 0) is 5.56 Å². The molecule has 0 N–H and O–H groups in total. The molecule has 1 aliphatic rings. The van der Waals surface area contributed by atoms with Crippen LogP contribution in [-0.2, 0) is 16.1 Å². The van der Waals surface area contributed by atoms with Crippen molar-refractivity contribution in [2.75, 3.05) is 6.61 Å². The largest absolute Gasteiger partial charge is 0.461 e. The summed E-state index contributed by atoms with van der Waals surface area (Å²) in [5.74, 6) is -0.263. The lowest BCUT2D eigenvalue weighted by Crippen LogP contribution is -2.06. The summed E-state index contributed by atoms with van der Waals surface area (Å²) in [6.07, 6.45) is 0.645. The summed E-state index contributed by atoms with van der Waals surface area (Å²) >= 11 is 0. The number of cyclic esters (lactones) is 1. The van der Waals surface area contributed by atoms with Crippen LogP contribution in [0.4, 0.5) is 0 Å². The van der Waals surface area contributed by atoms with Gasteiger partial charge in [-0.15, -0.1) is 0 Å². The highest BCUT2D eigenvalue weighted by molar-refractivity contribution is 6.37. The molecule has 0 aromatic heterocycles. The Labute approximate surface area is 82.4 Å². The second kappa shape index (κ2) is 4.05. The second-order valence-corrected chi connectivity index (χ2v) is 3.13. The Bertz CT molecular complexity index is 357. The molecule has 1 saturated heterocycles. The number of esters is 1. The van der Waals surface area contributed by atoms with Crippen molar-refractivity contribution in [1.82, 2.24) is 0 Å². The van der Waals surface area contributed by atoms with Crippen molar-refractivity contribution in [2.45, 2.75) is 13.0 Å². The number of carbonyl (C=O) groups is 1. The molecule has 0 amide bonds. The van der Waals surface area contributed by atoms with E-state index in [1.165, 1.54) is 0 Å². The van der Waals surface area contributed by atoms with E-state index in [4.69, 9.17) is 4.74 Å². The summed E-state index contributed by atoms with van der Waals surface area (Å²) in [4.78, 5) is 15.3. The third kappa shape index (κ3) is 1.99. The van der Waals surface area contributed by atoms with Crippen LogP contribution in [0.25, 0.3) is 0 Å². The third-order valence-electron chi connectivity index (χ3n) is 2.10. The van der Waals surface area contributed by atoms with Crippen LogP contribution in [0.15, 0.2) is 35.3 Å². The SMILES string of the molecule is O=C1OCCC1=NCc1ccccc1. The highest BCUT2D eigenvalue weighted by Crippen LogP contribution is 2.06. The van der Waals surface area contributed by atoms with Gasteiger partial charge in [0, 0.05) is 6.42 Å². The summed E-state index contributed by atoms with van der Waals surface area (Å²) in [5, 5.41) is 0. The molecular formula is C11H11NO2. The molecule has 0 unspecified atom stereocenters. The van der Waals surface area contributed by atoms with Gasteiger partial charge in [-0.2, -0.15) is 0 Å². The highest BCUT2D eigenvalue weighted by atomic mass is 16.5. The normalized spacial score (nSPS) is 18.6. The van der Waals surface area contributed by atoms with Crippen LogP contribution >= 0.6 is 0 Å². The van der Waals surface area contributed by atoms with Crippen LogP contribution < -0.4 is 0 Å². The Balaban J connectivity index is 2.03. The fourth-order valence-corrected chi connectivity index (χ4v) is 1.34. The fourth-order valence-electron chi connectivity index (χ4n) is 1.34. The molecule has 0 bridgehead atoms. The summed E-state index contributed by atoms with van der Waals surface area (Å²) in [6, 6.07) is 9.86. The summed E-state index contributed by atoms with van der Waals surface area (Å²) in [6.45, 7) is 1.04. The molecule has 0 aliphatic carbocycles. The minimum atomic E-state index is -0.263. The molecule has 0 spiro atoms. The topological polar surface area (TPSA) is 38.7 Å². The minimum Gasteiger partial charge on any atom is -0.461 e. The predicted octanol–water partition coefficient (Wildman–Crippen LogP) is 1.57. The number of nitrogens with zero attached hydrogens (tertiary/aromatic N) is 1. The summed E-state index contributed by atoms with van der Waals surface area (Å²) < 4.78 is 4.78. The van der Waals surface area contributed by atoms with Crippen LogP contribution in [0.5, 0.6) is 0 Å². The molecule has 14 heavy (non-hydrogen) atoms.